The van der Waals surface area contributed by atoms with Crippen LogP contribution in [0.4, 0.5) is 0 Å². The van der Waals surface area contributed by atoms with Crippen LogP contribution in [-0.2, 0) is 18.9 Å². The average molecular weight is 339 g/mol. The summed E-state index contributed by atoms with van der Waals surface area (Å²) in [5, 5.41) is 1.05. The van der Waals surface area contributed by atoms with E-state index >= 15 is 0 Å². The summed E-state index contributed by atoms with van der Waals surface area (Å²) >= 11 is 9.04. The minimum atomic E-state index is 0.318. The predicted octanol–water partition coefficient (Wildman–Crippen LogP) is 2.03. The van der Waals surface area contributed by atoms with Crippen LogP contribution in [-0.4, -0.2) is 28.1 Å². The molecule has 4 nitrogen and oxygen atoms in total. The molecule has 1 aromatic heterocycles. The van der Waals surface area contributed by atoms with Crippen molar-refractivity contribution in [1.82, 2.24) is 9.36 Å². The van der Waals surface area contributed by atoms with Crippen LogP contribution in [0.3, 0.4) is 0 Å². The molecule has 0 atom stereocenters. The number of nitrogens with zero attached hydrogens (tertiary/aromatic N) is 3. The number of carbonyl (C=O) groups excluding carboxylic acids is 1. The van der Waals surface area contributed by atoms with Gasteiger partial charge in [-0.2, -0.15) is 0 Å². The summed E-state index contributed by atoms with van der Waals surface area (Å²) < 4.78 is 3.90. The molecule has 0 radical (unpaired) electrons. The van der Waals surface area contributed by atoms with Gasteiger partial charge in [0.2, 0.25) is 0 Å². The Hall–Kier alpha value is -0.460. The molecule has 0 bridgehead atoms. The van der Waals surface area contributed by atoms with E-state index in [0.717, 1.165) is 22.4 Å². The van der Waals surface area contributed by atoms with Crippen LogP contribution in [0.1, 0.15) is 0 Å². The lowest BCUT2D eigenvalue weighted by Crippen LogP contribution is -2.19. The SMILES string of the molecule is Cn1c(SBr)c/c(=N/C/C(=C\C=O)CCl)n1C. The number of carbonyl (C=O) groups is 1. The fourth-order valence-corrected chi connectivity index (χ4v) is 2.69. The second-order valence-electron chi connectivity index (χ2n) is 3.38. The molecule has 0 N–H and O–H groups in total. The van der Waals surface area contributed by atoms with Crippen molar-refractivity contribution in [1.29, 1.82) is 0 Å². The third-order valence-corrected chi connectivity index (χ3v) is 4.23. The van der Waals surface area contributed by atoms with Gasteiger partial charge in [0, 0.05) is 26.0 Å². The van der Waals surface area contributed by atoms with E-state index in [9.17, 15) is 4.79 Å². The van der Waals surface area contributed by atoms with E-state index in [1.165, 1.54) is 16.3 Å². The highest BCUT2D eigenvalue weighted by molar-refractivity contribution is 9.50. The Labute approximate surface area is 117 Å². The van der Waals surface area contributed by atoms with Gasteiger partial charge in [0.25, 0.3) is 0 Å². The van der Waals surface area contributed by atoms with Gasteiger partial charge < -0.3 is 0 Å². The van der Waals surface area contributed by atoms with Crippen LogP contribution < -0.4 is 5.49 Å². The Bertz CT molecular complexity index is 492. The van der Waals surface area contributed by atoms with Gasteiger partial charge in [0.1, 0.15) is 16.8 Å². The first-order valence-electron chi connectivity index (χ1n) is 4.85. The summed E-state index contributed by atoms with van der Waals surface area (Å²) in [6, 6.07) is 1.96. The maximum absolute atomic E-state index is 10.4. The van der Waals surface area contributed by atoms with E-state index in [1.807, 2.05) is 29.5 Å². The van der Waals surface area contributed by atoms with Gasteiger partial charge in [-0.1, -0.05) is 0 Å². The van der Waals surface area contributed by atoms with E-state index in [1.54, 1.807) is 0 Å². The molecule has 1 heterocycles. The molecule has 1 aromatic rings. The Morgan fingerprint density at radius 3 is 2.76 bits per heavy atom. The summed E-state index contributed by atoms with van der Waals surface area (Å²) in [5.74, 6) is 0.318. The normalized spacial score (nSPS) is 13.2. The maximum Gasteiger partial charge on any atom is 0.145 e. The van der Waals surface area contributed by atoms with Crippen molar-refractivity contribution in [2.45, 2.75) is 5.03 Å². The van der Waals surface area contributed by atoms with Gasteiger partial charge >= 0.3 is 0 Å². The number of aldehydes is 1. The topological polar surface area (TPSA) is 39.3 Å². The van der Waals surface area contributed by atoms with Crippen molar-refractivity contribution in [3.8, 4) is 0 Å². The maximum atomic E-state index is 10.4. The highest BCUT2D eigenvalue weighted by atomic mass is 79.9. The molecular formula is C10H13BrClN3OS. The molecule has 0 spiro atoms. The average Bonchev–Trinajstić information content (AvgIpc) is 2.61. The van der Waals surface area contributed by atoms with Crippen LogP contribution >= 0.6 is 36.6 Å². The lowest BCUT2D eigenvalue weighted by atomic mass is 10.3. The molecule has 7 heteroatoms. The number of hydrogen-bond acceptors (Lipinski definition) is 3. The van der Waals surface area contributed by atoms with Gasteiger partial charge in [-0.15, -0.1) is 11.6 Å². The first kappa shape index (κ1) is 14.6. The number of alkyl halides is 1. The molecule has 0 unspecified atom stereocenters. The van der Waals surface area contributed by atoms with Crippen molar-refractivity contribution in [2.75, 3.05) is 12.4 Å². The molecule has 0 saturated heterocycles. The Kier molecular flexibility index (Phi) is 6.08. The first-order valence-corrected chi connectivity index (χ1v) is 8.04. The van der Waals surface area contributed by atoms with Gasteiger partial charge in [-0.25, -0.2) is 0 Å². The fraction of sp³-hybridized carbons (Fsp3) is 0.400. The Morgan fingerprint density at radius 2 is 2.29 bits per heavy atom. The number of hydrogen-bond donors (Lipinski definition) is 0. The van der Waals surface area contributed by atoms with E-state index in [0.29, 0.717) is 12.4 Å². The monoisotopic (exact) mass is 337 g/mol. The summed E-state index contributed by atoms with van der Waals surface area (Å²) in [7, 11) is 5.36. The van der Waals surface area contributed by atoms with Crippen molar-refractivity contribution in [3.63, 3.8) is 0 Å². The molecule has 0 aromatic carbocycles. The van der Waals surface area contributed by atoms with E-state index in [2.05, 4.69) is 19.8 Å². The fourth-order valence-electron chi connectivity index (χ4n) is 1.24. The molecular weight excluding hydrogens is 326 g/mol. The third kappa shape index (κ3) is 3.76. The molecule has 0 aliphatic heterocycles. The molecule has 0 aliphatic rings. The molecule has 0 fully saturated rings. The second-order valence-corrected chi connectivity index (χ2v) is 5.19. The zero-order valence-electron chi connectivity index (χ0n) is 9.56. The van der Waals surface area contributed by atoms with Gasteiger partial charge in [-0.05, 0) is 36.7 Å². The van der Waals surface area contributed by atoms with Crippen LogP contribution in [0.5, 0.6) is 0 Å². The number of halogens is 2. The van der Waals surface area contributed by atoms with Crippen LogP contribution in [0.15, 0.2) is 27.7 Å². The second kappa shape index (κ2) is 7.08. The molecule has 1 rings (SSSR count). The van der Waals surface area contributed by atoms with Crippen molar-refractivity contribution < 1.29 is 4.79 Å². The quantitative estimate of drug-likeness (QED) is 0.468. The van der Waals surface area contributed by atoms with Crippen LogP contribution in [0, 0.1) is 0 Å². The largest absolute Gasteiger partial charge is 0.299 e. The Balaban J connectivity index is 3.00. The number of allylic oxidation sites excluding steroid dienone is 1. The zero-order chi connectivity index (χ0) is 12.8. The summed E-state index contributed by atoms with van der Waals surface area (Å²) in [6.45, 7) is 0.437. The summed E-state index contributed by atoms with van der Waals surface area (Å²) in [4.78, 5) is 14.8. The van der Waals surface area contributed by atoms with Gasteiger partial charge in [0.05, 0.1) is 6.54 Å². The smallest absolute Gasteiger partial charge is 0.145 e. The molecule has 17 heavy (non-hydrogen) atoms. The Morgan fingerprint density at radius 1 is 1.59 bits per heavy atom. The van der Waals surface area contributed by atoms with Crippen molar-refractivity contribution in [3.05, 3.63) is 23.2 Å². The van der Waals surface area contributed by atoms with Gasteiger partial charge in [-0.3, -0.25) is 19.2 Å². The molecule has 0 amide bonds. The van der Waals surface area contributed by atoms with Crippen molar-refractivity contribution >= 4 is 42.9 Å². The lowest BCUT2D eigenvalue weighted by molar-refractivity contribution is -0.104. The third-order valence-electron chi connectivity index (χ3n) is 2.35. The summed E-state index contributed by atoms with van der Waals surface area (Å²) in [5.41, 5.74) is 1.65. The predicted molar refractivity (Wildman–Crippen MR) is 74.5 cm³/mol. The highest BCUT2D eigenvalue weighted by Crippen LogP contribution is 2.21. The van der Waals surface area contributed by atoms with Crippen LogP contribution in [0.25, 0.3) is 0 Å². The van der Waals surface area contributed by atoms with E-state index < -0.39 is 0 Å². The number of aromatic nitrogens is 2. The standard InChI is InChI=1S/C10H13BrClN3OS/c1-14-9(5-10(17-11)15(14)2)13-7-8(6-12)3-4-16/h3-5H,6-7H2,1-2H3/b8-3-,13-9-. The zero-order valence-corrected chi connectivity index (χ0v) is 12.7. The minimum absolute atomic E-state index is 0.318. The van der Waals surface area contributed by atoms with E-state index in [-0.39, 0.29) is 0 Å². The first-order chi connectivity index (χ1) is 8.13. The van der Waals surface area contributed by atoms with Crippen LogP contribution in [0.2, 0.25) is 0 Å². The summed E-state index contributed by atoms with van der Waals surface area (Å²) in [6.07, 6.45) is 2.19. The van der Waals surface area contributed by atoms with E-state index in [4.69, 9.17) is 11.6 Å². The van der Waals surface area contributed by atoms with Crippen molar-refractivity contribution in [2.24, 2.45) is 19.1 Å². The highest BCUT2D eigenvalue weighted by Gasteiger charge is 2.02. The molecule has 0 aliphatic carbocycles. The minimum Gasteiger partial charge on any atom is -0.299 e. The number of rotatable bonds is 5. The lowest BCUT2D eigenvalue weighted by Gasteiger charge is -2.02. The molecule has 0 saturated carbocycles. The molecule has 94 valence electrons. The van der Waals surface area contributed by atoms with Gasteiger partial charge in [0.15, 0.2) is 0 Å².